The zero-order chi connectivity index (χ0) is 13.4. The molecule has 100 valence electrons. The van der Waals surface area contributed by atoms with Crippen molar-refractivity contribution in [3.8, 4) is 0 Å². The van der Waals surface area contributed by atoms with E-state index in [1.165, 1.54) is 5.69 Å². The van der Waals surface area contributed by atoms with Crippen molar-refractivity contribution in [3.05, 3.63) is 46.6 Å². The van der Waals surface area contributed by atoms with Gasteiger partial charge in [0.2, 0.25) is 0 Å². The first kappa shape index (κ1) is 12.4. The highest BCUT2D eigenvalue weighted by Gasteiger charge is 2.13. The molecule has 0 saturated carbocycles. The van der Waals surface area contributed by atoms with E-state index in [1.807, 2.05) is 19.1 Å². The zero-order valence-corrected chi connectivity index (χ0v) is 12.1. The Labute approximate surface area is 116 Å². The van der Waals surface area contributed by atoms with Gasteiger partial charge in [-0.2, -0.15) is 0 Å². The van der Waals surface area contributed by atoms with Gasteiger partial charge < -0.3 is 9.73 Å². The third-order valence-electron chi connectivity index (χ3n) is 3.32. The van der Waals surface area contributed by atoms with Crippen molar-refractivity contribution >= 4 is 16.3 Å². The van der Waals surface area contributed by atoms with Gasteiger partial charge in [0, 0.05) is 18.1 Å². The lowest BCUT2D eigenvalue weighted by atomic mass is 10.2. The van der Waals surface area contributed by atoms with E-state index in [2.05, 4.69) is 40.1 Å². The smallest absolute Gasteiger partial charge is 0.194 e. The Balaban J connectivity index is 1.75. The molecule has 0 aliphatic heterocycles. The number of hydrogen-bond acceptors (Lipinski definition) is 4. The Morgan fingerprint density at radius 3 is 3.00 bits per heavy atom. The first-order valence-corrected chi connectivity index (χ1v) is 7.24. The van der Waals surface area contributed by atoms with E-state index in [0.717, 1.165) is 28.7 Å². The number of thiazole rings is 1. The van der Waals surface area contributed by atoms with Crippen molar-refractivity contribution in [2.45, 2.75) is 33.4 Å². The molecular formula is C14H17N3OS. The van der Waals surface area contributed by atoms with Crippen LogP contribution in [0.3, 0.4) is 0 Å². The third kappa shape index (κ3) is 2.31. The molecule has 0 aliphatic rings. The molecule has 3 heterocycles. The molecule has 5 heteroatoms. The average Bonchev–Trinajstić information content (AvgIpc) is 3.03. The summed E-state index contributed by atoms with van der Waals surface area (Å²) in [5.74, 6) is 1.92. The minimum absolute atomic E-state index is 0.192. The van der Waals surface area contributed by atoms with Crippen LogP contribution < -0.4 is 5.32 Å². The number of nitrogens with zero attached hydrogens (tertiary/aromatic N) is 2. The van der Waals surface area contributed by atoms with Gasteiger partial charge in [-0.15, -0.1) is 11.3 Å². The molecule has 3 rings (SSSR count). The lowest BCUT2D eigenvalue weighted by Gasteiger charge is -2.11. The summed E-state index contributed by atoms with van der Waals surface area (Å²) in [6, 6.07) is 4.21. The molecule has 1 unspecified atom stereocenters. The van der Waals surface area contributed by atoms with Crippen LogP contribution in [0.1, 0.15) is 35.9 Å². The second-order valence-corrected chi connectivity index (χ2v) is 5.62. The number of nitrogens with one attached hydrogen (secondary N) is 1. The number of aromatic nitrogens is 2. The fraction of sp³-hybridized carbons (Fsp3) is 0.357. The summed E-state index contributed by atoms with van der Waals surface area (Å²) in [6.07, 6.45) is 2.07. The summed E-state index contributed by atoms with van der Waals surface area (Å²) in [7, 11) is 0. The summed E-state index contributed by atoms with van der Waals surface area (Å²) >= 11 is 1.66. The predicted molar refractivity (Wildman–Crippen MR) is 76.5 cm³/mol. The molecule has 0 aromatic carbocycles. The molecular weight excluding hydrogens is 258 g/mol. The molecule has 1 atom stereocenters. The molecule has 0 fully saturated rings. The van der Waals surface area contributed by atoms with Crippen LogP contribution in [0.25, 0.3) is 4.96 Å². The molecule has 3 aromatic heterocycles. The highest BCUT2D eigenvalue weighted by molar-refractivity contribution is 7.15. The maximum atomic E-state index is 5.64. The Hall–Kier alpha value is -1.59. The van der Waals surface area contributed by atoms with Crippen LogP contribution in [-0.4, -0.2) is 9.38 Å². The number of aryl methyl sites for hydroxylation is 2. The van der Waals surface area contributed by atoms with Gasteiger partial charge in [-0.3, -0.25) is 4.40 Å². The minimum atomic E-state index is 0.192. The predicted octanol–water partition coefficient (Wildman–Crippen LogP) is 3.46. The average molecular weight is 275 g/mol. The first-order valence-electron chi connectivity index (χ1n) is 6.36. The number of fused-ring (bicyclic) bond motifs is 1. The Morgan fingerprint density at radius 1 is 1.42 bits per heavy atom. The van der Waals surface area contributed by atoms with E-state index < -0.39 is 0 Å². The topological polar surface area (TPSA) is 42.5 Å². The lowest BCUT2D eigenvalue weighted by Crippen LogP contribution is -2.19. The monoisotopic (exact) mass is 275 g/mol. The first-order chi connectivity index (χ1) is 9.15. The number of rotatable bonds is 4. The molecule has 19 heavy (non-hydrogen) atoms. The summed E-state index contributed by atoms with van der Waals surface area (Å²) in [5, 5.41) is 5.55. The van der Waals surface area contributed by atoms with Crippen LogP contribution in [0.15, 0.2) is 28.1 Å². The van der Waals surface area contributed by atoms with Crippen LogP contribution >= 0.6 is 11.3 Å². The molecule has 0 aliphatic carbocycles. The number of imidazole rings is 1. The van der Waals surface area contributed by atoms with E-state index in [4.69, 9.17) is 4.42 Å². The maximum absolute atomic E-state index is 5.64. The minimum Gasteiger partial charge on any atom is -0.465 e. The normalized spacial score (nSPS) is 13.2. The fourth-order valence-corrected chi connectivity index (χ4v) is 2.97. The van der Waals surface area contributed by atoms with Crippen LogP contribution in [0.5, 0.6) is 0 Å². The van der Waals surface area contributed by atoms with Gasteiger partial charge in [0.05, 0.1) is 17.4 Å². The molecule has 0 bridgehead atoms. The van der Waals surface area contributed by atoms with E-state index in [1.54, 1.807) is 11.3 Å². The molecule has 0 radical (unpaired) electrons. The van der Waals surface area contributed by atoms with Crippen molar-refractivity contribution in [3.63, 3.8) is 0 Å². The van der Waals surface area contributed by atoms with Crippen molar-refractivity contribution in [2.75, 3.05) is 0 Å². The Morgan fingerprint density at radius 2 is 2.26 bits per heavy atom. The van der Waals surface area contributed by atoms with E-state index in [0.29, 0.717) is 0 Å². The van der Waals surface area contributed by atoms with Gasteiger partial charge in [0.25, 0.3) is 0 Å². The van der Waals surface area contributed by atoms with Gasteiger partial charge in [-0.1, -0.05) is 0 Å². The number of hydrogen-bond donors (Lipinski definition) is 1. The summed E-state index contributed by atoms with van der Waals surface area (Å²) in [6.45, 7) is 6.91. The summed E-state index contributed by atoms with van der Waals surface area (Å²) < 4.78 is 7.78. The SMILES string of the molecule is Cc1ccc(C(C)NCc2c(C)nc3sccn23)o1. The molecule has 0 spiro atoms. The van der Waals surface area contributed by atoms with Gasteiger partial charge in [0.15, 0.2) is 4.96 Å². The summed E-state index contributed by atoms with van der Waals surface area (Å²) in [5.41, 5.74) is 2.30. The van der Waals surface area contributed by atoms with E-state index in [-0.39, 0.29) is 6.04 Å². The summed E-state index contributed by atoms with van der Waals surface area (Å²) in [4.78, 5) is 5.60. The quantitative estimate of drug-likeness (QED) is 0.793. The van der Waals surface area contributed by atoms with Crippen molar-refractivity contribution in [1.82, 2.24) is 14.7 Å². The highest BCUT2D eigenvalue weighted by atomic mass is 32.1. The van der Waals surface area contributed by atoms with Gasteiger partial charge in [-0.05, 0) is 32.9 Å². The van der Waals surface area contributed by atoms with E-state index in [9.17, 15) is 0 Å². The molecule has 1 N–H and O–H groups in total. The van der Waals surface area contributed by atoms with Crippen LogP contribution in [0, 0.1) is 13.8 Å². The fourth-order valence-electron chi connectivity index (χ4n) is 2.19. The van der Waals surface area contributed by atoms with Crippen LogP contribution in [-0.2, 0) is 6.54 Å². The van der Waals surface area contributed by atoms with Crippen molar-refractivity contribution < 1.29 is 4.42 Å². The molecule has 0 saturated heterocycles. The maximum Gasteiger partial charge on any atom is 0.194 e. The highest BCUT2D eigenvalue weighted by Crippen LogP contribution is 2.19. The van der Waals surface area contributed by atoms with Crippen molar-refractivity contribution in [1.29, 1.82) is 0 Å². The molecule has 3 aromatic rings. The second kappa shape index (κ2) is 4.83. The van der Waals surface area contributed by atoms with Gasteiger partial charge in [0.1, 0.15) is 11.5 Å². The van der Waals surface area contributed by atoms with Crippen LogP contribution in [0.4, 0.5) is 0 Å². The second-order valence-electron chi connectivity index (χ2n) is 4.75. The van der Waals surface area contributed by atoms with Crippen LogP contribution in [0.2, 0.25) is 0 Å². The zero-order valence-electron chi connectivity index (χ0n) is 11.3. The third-order valence-corrected chi connectivity index (χ3v) is 4.08. The molecule has 0 amide bonds. The van der Waals surface area contributed by atoms with Gasteiger partial charge >= 0.3 is 0 Å². The largest absolute Gasteiger partial charge is 0.465 e. The van der Waals surface area contributed by atoms with Gasteiger partial charge in [-0.25, -0.2) is 4.98 Å². The Kier molecular flexibility index (Phi) is 3.16. The van der Waals surface area contributed by atoms with E-state index >= 15 is 0 Å². The Bertz CT molecular complexity index is 694. The number of furan rings is 1. The molecule has 4 nitrogen and oxygen atoms in total. The standard InChI is InChI=1S/C14H17N3OS/c1-9-4-5-13(18-9)11(3)15-8-12-10(2)16-14-17(12)6-7-19-14/h4-7,11,15H,8H2,1-3H3. The lowest BCUT2D eigenvalue weighted by molar-refractivity contribution is 0.414. The van der Waals surface area contributed by atoms with Crippen molar-refractivity contribution in [2.24, 2.45) is 0 Å².